The summed E-state index contributed by atoms with van der Waals surface area (Å²) in [6, 6.07) is 8.87. The van der Waals surface area contributed by atoms with E-state index in [1.807, 2.05) is 0 Å². The Morgan fingerprint density at radius 3 is 2.12 bits per heavy atom. The average molecular weight is 464 g/mol. The molecule has 32 heavy (non-hydrogen) atoms. The van der Waals surface area contributed by atoms with Crippen LogP contribution in [-0.2, 0) is 10.0 Å². The van der Waals surface area contributed by atoms with E-state index < -0.39 is 32.4 Å². The molecule has 4 rings (SSSR count). The smallest absolute Gasteiger partial charge is 0.257 e. The van der Waals surface area contributed by atoms with Crippen LogP contribution in [0.2, 0.25) is 0 Å². The molecule has 0 radical (unpaired) electrons. The monoisotopic (exact) mass is 464 g/mol. The minimum Gasteiger partial charge on any atom is -0.336 e. The first-order valence-corrected chi connectivity index (χ1v) is 11.2. The van der Waals surface area contributed by atoms with Gasteiger partial charge in [-0.1, -0.05) is 18.2 Å². The zero-order valence-electron chi connectivity index (χ0n) is 17.0. The van der Waals surface area contributed by atoms with Gasteiger partial charge in [0.1, 0.15) is 23.1 Å². The highest BCUT2D eigenvalue weighted by Gasteiger charge is 2.34. The van der Waals surface area contributed by atoms with E-state index in [4.69, 9.17) is 0 Å². The van der Waals surface area contributed by atoms with Crippen molar-refractivity contribution < 1.29 is 26.4 Å². The van der Waals surface area contributed by atoms with E-state index in [0.29, 0.717) is 5.69 Å². The standard InChI is InChI=1S/C21H19F3N4O3S/c1-14-15(13-25-28(14)19-8-3-2-5-16(19)22)21(29)26-9-11-27(12-10-26)32(30,31)20-17(23)6-4-7-18(20)24/h2-8,13H,9-12H2,1H3. The lowest BCUT2D eigenvalue weighted by atomic mass is 10.2. The number of piperazine rings is 1. The zero-order valence-corrected chi connectivity index (χ0v) is 17.8. The van der Waals surface area contributed by atoms with Crippen molar-refractivity contribution in [3.63, 3.8) is 0 Å². The number of halogens is 3. The molecule has 1 aliphatic rings. The molecule has 1 aromatic heterocycles. The highest BCUT2D eigenvalue weighted by atomic mass is 32.2. The Morgan fingerprint density at radius 2 is 1.50 bits per heavy atom. The first-order valence-electron chi connectivity index (χ1n) is 9.75. The number of hydrogen-bond acceptors (Lipinski definition) is 4. The summed E-state index contributed by atoms with van der Waals surface area (Å²) in [4.78, 5) is 13.4. The number of amides is 1. The van der Waals surface area contributed by atoms with E-state index in [2.05, 4.69) is 5.10 Å². The first-order chi connectivity index (χ1) is 15.2. The van der Waals surface area contributed by atoms with E-state index in [1.165, 1.54) is 27.9 Å². The number of aromatic nitrogens is 2. The predicted molar refractivity (Wildman–Crippen MR) is 109 cm³/mol. The lowest BCUT2D eigenvalue weighted by Crippen LogP contribution is -2.50. The fraction of sp³-hybridized carbons (Fsp3) is 0.238. The van der Waals surface area contributed by atoms with Crippen molar-refractivity contribution in [2.45, 2.75) is 11.8 Å². The van der Waals surface area contributed by atoms with Gasteiger partial charge in [-0.15, -0.1) is 0 Å². The van der Waals surface area contributed by atoms with Gasteiger partial charge in [-0.05, 0) is 31.2 Å². The maximum atomic E-state index is 14.1. The Morgan fingerprint density at radius 1 is 0.906 bits per heavy atom. The second-order valence-corrected chi connectivity index (χ2v) is 9.13. The van der Waals surface area contributed by atoms with Crippen molar-refractivity contribution in [1.82, 2.24) is 19.0 Å². The number of nitrogens with zero attached hydrogens (tertiary/aromatic N) is 4. The number of carbonyl (C=O) groups excluding carboxylic acids is 1. The van der Waals surface area contributed by atoms with Gasteiger partial charge in [-0.3, -0.25) is 4.79 Å². The quantitative estimate of drug-likeness (QED) is 0.595. The maximum Gasteiger partial charge on any atom is 0.257 e. The summed E-state index contributed by atoms with van der Waals surface area (Å²) in [6.45, 7) is 1.44. The van der Waals surface area contributed by atoms with Crippen LogP contribution in [-0.4, -0.2) is 59.5 Å². The van der Waals surface area contributed by atoms with Crippen LogP contribution < -0.4 is 0 Å². The van der Waals surface area contributed by atoms with E-state index >= 15 is 0 Å². The summed E-state index contributed by atoms with van der Waals surface area (Å²) in [6.07, 6.45) is 1.34. The molecule has 11 heteroatoms. The molecule has 0 bridgehead atoms. The molecule has 168 valence electrons. The molecule has 1 amide bonds. The van der Waals surface area contributed by atoms with Gasteiger partial charge in [-0.25, -0.2) is 26.3 Å². The molecule has 7 nitrogen and oxygen atoms in total. The lowest BCUT2D eigenvalue weighted by molar-refractivity contribution is 0.0696. The molecule has 0 aliphatic carbocycles. The Balaban J connectivity index is 1.51. The van der Waals surface area contributed by atoms with Crippen LogP contribution in [0.4, 0.5) is 13.2 Å². The van der Waals surface area contributed by atoms with Gasteiger partial charge in [0, 0.05) is 26.2 Å². The van der Waals surface area contributed by atoms with Crippen LogP contribution in [0.15, 0.2) is 53.6 Å². The summed E-state index contributed by atoms with van der Waals surface area (Å²) in [7, 11) is -4.39. The zero-order chi connectivity index (χ0) is 23.0. The summed E-state index contributed by atoms with van der Waals surface area (Å²) >= 11 is 0. The Labute approximate surface area is 182 Å². The molecule has 0 spiro atoms. The van der Waals surface area contributed by atoms with Crippen molar-refractivity contribution in [3.05, 3.63) is 77.4 Å². The minimum absolute atomic E-state index is 0.0262. The van der Waals surface area contributed by atoms with Crippen LogP contribution in [0.25, 0.3) is 5.69 Å². The number of para-hydroxylation sites is 1. The summed E-state index contributed by atoms with van der Waals surface area (Å²) in [5, 5.41) is 4.12. The summed E-state index contributed by atoms with van der Waals surface area (Å²) in [5.41, 5.74) is 0.889. The third kappa shape index (κ3) is 3.78. The summed E-state index contributed by atoms with van der Waals surface area (Å²) in [5.74, 6) is -3.21. The van der Waals surface area contributed by atoms with E-state index in [9.17, 15) is 26.4 Å². The molecule has 0 atom stereocenters. The molecule has 1 saturated heterocycles. The Bertz CT molecular complexity index is 1260. The van der Waals surface area contributed by atoms with Crippen molar-refractivity contribution in [3.8, 4) is 5.69 Å². The van der Waals surface area contributed by atoms with Crippen molar-refractivity contribution >= 4 is 15.9 Å². The maximum absolute atomic E-state index is 14.1. The number of hydrogen-bond donors (Lipinski definition) is 0. The van der Waals surface area contributed by atoms with E-state index in [1.54, 1.807) is 19.1 Å². The van der Waals surface area contributed by atoms with Crippen LogP contribution in [0, 0.1) is 24.4 Å². The SMILES string of the molecule is Cc1c(C(=O)N2CCN(S(=O)(=O)c3c(F)cccc3F)CC2)cnn1-c1ccccc1F. The fourth-order valence-electron chi connectivity index (χ4n) is 3.65. The normalized spacial score (nSPS) is 15.2. The number of rotatable bonds is 4. The first kappa shape index (κ1) is 22.0. The second kappa shape index (κ2) is 8.40. The molecular weight excluding hydrogens is 445 g/mol. The molecule has 1 aliphatic heterocycles. The van der Waals surface area contributed by atoms with Gasteiger partial charge >= 0.3 is 0 Å². The summed E-state index contributed by atoms with van der Waals surface area (Å²) < 4.78 is 69.8. The molecule has 0 saturated carbocycles. The van der Waals surface area contributed by atoms with Gasteiger partial charge in [0.25, 0.3) is 5.91 Å². The highest BCUT2D eigenvalue weighted by Crippen LogP contribution is 2.24. The van der Waals surface area contributed by atoms with Crippen LogP contribution in [0.3, 0.4) is 0 Å². The number of sulfonamides is 1. The average Bonchev–Trinajstić information content (AvgIpc) is 3.14. The highest BCUT2D eigenvalue weighted by molar-refractivity contribution is 7.89. The van der Waals surface area contributed by atoms with Gasteiger partial charge in [0.05, 0.1) is 17.5 Å². The Hall–Kier alpha value is -3.18. The predicted octanol–water partition coefficient (Wildman–Crippen LogP) is 2.74. The second-order valence-electron chi connectivity index (χ2n) is 7.25. The third-order valence-corrected chi connectivity index (χ3v) is 7.31. The van der Waals surface area contributed by atoms with Crippen LogP contribution in [0.1, 0.15) is 16.1 Å². The van der Waals surface area contributed by atoms with Crippen molar-refractivity contribution in [2.75, 3.05) is 26.2 Å². The number of benzene rings is 2. The topological polar surface area (TPSA) is 75.5 Å². The fourth-order valence-corrected chi connectivity index (χ4v) is 5.18. The molecule has 2 heterocycles. The molecule has 1 fully saturated rings. The van der Waals surface area contributed by atoms with Crippen LogP contribution in [0.5, 0.6) is 0 Å². The minimum atomic E-state index is -4.39. The largest absolute Gasteiger partial charge is 0.336 e. The lowest BCUT2D eigenvalue weighted by Gasteiger charge is -2.34. The van der Waals surface area contributed by atoms with Crippen molar-refractivity contribution in [2.24, 2.45) is 0 Å². The van der Waals surface area contributed by atoms with Crippen molar-refractivity contribution in [1.29, 1.82) is 0 Å². The molecule has 2 aromatic carbocycles. The molecule has 3 aromatic rings. The third-order valence-electron chi connectivity index (χ3n) is 5.36. The van der Waals surface area contributed by atoms with Gasteiger partial charge in [-0.2, -0.15) is 9.40 Å². The molecular formula is C21H19F3N4O3S. The van der Waals surface area contributed by atoms with Gasteiger partial charge < -0.3 is 4.90 Å². The van der Waals surface area contributed by atoms with Crippen LogP contribution >= 0.6 is 0 Å². The molecule has 0 N–H and O–H groups in total. The van der Waals surface area contributed by atoms with E-state index in [-0.39, 0.29) is 43.3 Å². The number of carbonyl (C=O) groups is 1. The van der Waals surface area contributed by atoms with Gasteiger partial charge in [0.2, 0.25) is 10.0 Å². The van der Waals surface area contributed by atoms with Gasteiger partial charge in [0.15, 0.2) is 4.90 Å². The van der Waals surface area contributed by atoms with E-state index in [0.717, 1.165) is 22.5 Å². The Kier molecular flexibility index (Phi) is 5.78. The molecule has 0 unspecified atom stereocenters.